The molecule has 2 rings (SSSR count). The van der Waals surface area contributed by atoms with Gasteiger partial charge in [-0.1, -0.05) is 18.2 Å². The maximum atomic E-state index is 11.4. The van der Waals surface area contributed by atoms with Crippen LogP contribution >= 0.6 is 0 Å². The molecule has 0 unspecified atom stereocenters. The lowest BCUT2D eigenvalue weighted by Gasteiger charge is -2.30. The first-order chi connectivity index (χ1) is 7.22. The zero-order valence-corrected chi connectivity index (χ0v) is 8.90. The van der Waals surface area contributed by atoms with E-state index in [1.807, 2.05) is 24.3 Å². The summed E-state index contributed by atoms with van der Waals surface area (Å²) in [5.74, 6) is 0.739. The average Bonchev–Trinajstić information content (AvgIpc) is 2.27. The van der Waals surface area contributed by atoms with Gasteiger partial charge >= 0.3 is 0 Å². The largest absolute Gasteiger partial charge is 0.464 e. The third-order valence-electron chi connectivity index (χ3n) is 2.74. The Morgan fingerprint density at radius 3 is 2.87 bits per heavy atom. The van der Waals surface area contributed by atoms with Crippen LogP contribution in [0.15, 0.2) is 24.3 Å². The summed E-state index contributed by atoms with van der Waals surface area (Å²) in [5.41, 5.74) is 1.08. The van der Waals surface area contributed by atoms with Gasteiger partial charge in [0.1, 0.15) is 11.5 Å². The summed E-state index contributed by atoms with van der Waals surface area (Å²) in [6.07, 6.45) is 0.252. The van der Waals surface area contributed by atoms with Crippen molar-refractivity contribution in [2.75, 3.05) is 7.11 Å². The normalized spacial score (nSPS) is 24.1. The summed E-state index contributed by atoms with van der Waals surface area (Å²) in [5, 5.41) is 0. The summed E-state index contributed by atoms with van der Waals surface area (Å²) in [4.78, 5) is 11.4. The number of fused-ring (bicyclic) bond motifs is 1. The molecule has 0 aromatic heterocycles. The molecule has 0 spiro atoms. The topological polar surface area (TPSA) is 35.5 Å². The van der Waals surface area contributed by atoms with Gasteiger partial charge in [0.2, 0.25) is 6.29 Å². The second-order valence-electron chi connectivity index (χ2n) is 3.75. The van der Waals surface area contributed by atoms with Gasteiger partial charge in [-0.05, 0) is 25.0 Å². The van der Waals surface area contributed by atoms with E-state index >= 15 is 0 Å². The van der Waals surface area contributed by atoms with Crippen LogP contribution < -0.4 is 4.74 Å². The highest BCUT2D eigenvalue weighted by Gasteiger charge is 2.32. The predicted molar refractivity (Wildman–Crippen MR) is 55.7 cm³/mol. The number of rotatable bonds is 2. The third kappa shape index (κ3) is 1.88. The van der Waals surface area contributed by atoms with Gasteiger partial charge in [-0.3, -0.25) is 4.79 Å². The van der Waals surface area contributed by atoms with Crippen LogP contribution in [0.2, 0.25) is 0 Å². The molecule has 1 aromatic rings. The molecule has 1 aromatic carbocycles. The molecule has 3 nitrogen and oxygen atoms in total. The first kappa shape index (κ1) is 10.2. The van der Waals surface area contributed by atoms with E-state index < -0.39 is 6.29 Å². The van der Waals surface area contributed by atoms with Gasteiger partial charge in [-0.2, -0.15) is 0 Å². The van der Waals surface area contributed by atoms with E-state index in [-0.39, 0.29) is 11.7 Å². The second kappa shape index (κ2) is 4.03. The van der Waals surface area contributed by atoms with Crippen molar-refractivity contribution in [3.05, 3.63) is 29.8 Å². The minimum atomic E-state index is -0.447. The summed E-state index contributed by atoms with van der Waals surface area (Å²) < 4.78 is 10.8. The maximum absolute atomic E-state index is 11.4. The maximum Gasteiger partial charge on any atom is 0.209 e. The van der Waals surface area contributed by atoms with Gasteiger partial charge < -0.3 is 9.47 Å². The molecule has 0 saturated carbocycles. The first-order valence-corrected chi connectivity index (χ1v) is 5.00. The Hall–Kier alpha value is -1.35. The van der Waals surface area contributed by atoms with Crippen LogP contribution in [0.4, 0.5) is 0 Å². The van der Waals surface area contributed by atoms with Crippen molar-refractivity contribution in [1.29, 1.82) is 0 Å². The Kier molecular flexibility index (Phi) is 2.73. The SMILES string of the molecule is CO[C@H]1Oc2ccccc2C[C@@H]1C(C)=O. The minimum absolute atomic E-state index is 0.108. The number of Topliss-reactive ketones (excluding diaryl/α,β-unsaturated/α-hetero) is 1. The average molecular weight is 206 g/mol. The van der Waals surface area contributed by atoms with E-state index in [1.165, 1.54) is 0 Å². The van der Waals surface area contributed by atoms with Gasteiger partial charge in [0.15, 0.2) is 0 Å². The number of hydrogen-bond acceptors (Lipinski definition) is 3. The third-order valence-corrected chi connectivity index (χ3v) is 2.74. The number of carbonyl (C=O) groups is 1. The highest BCUT2D eigenvalue weighted by atomic mass is 16.7. The smallest absolute Gasteiger partial charge is 0.209 e. The molecule has 1 aliphatic heterocycles. The molecule has 80 valence electrons. The van der Waals surface area contributed by atoms with Crippen LogP contribution in [-0.2, 0) is 16.0 Å². The van der Waals surface area contributed by atoms with Gasteiger partial charge in [0.25, 0.3) is 0 Å². The molecule has 15 heavy (non-hydrogen) atoms. The van der Waals surface area contributed by atoms with Crippen molar-refractivity contribution < 1.29 is 14.3 Å². The Labute approximate surface area is 89.0 Å². The van der Waals surface area contributed by atoms with Crippen LogP contribution in [0, 0.1) is 5.92 Å². The Morgan fingerprint density at radius 2 is 2.20 bits per heavy atom. The molecule has 0 N–H and O–H groups in total. The van der Waals surface area contributed by atoms with Crippen molar-refractivity contribution in [3.8, 4) is 5.75 Å². The molecule has 2 atom stereocenters. The molecule has 0 radical (unpaired) electrons. The van der Waals surface area contributed by atoms with Gasteiger partial charge in [0, 0.05) is 7.11 Å². The number of para-hydroxylation sites is 1. The van der Waals surface area contributed by atoms with Crippen LogP contribution in [-0.4, -0.2) is 19.2 Å². The minimum Gasteiger partial charge on any atom is -0.464 e. The second-order valence-corrected chi connectivity index (χ2v) is 3.75. The molecule has 0 bridgehead atoms. The van der Waals surface area contributed by atoms with Crippen molar-refractivity contribution in [2.24, 2.45) is 5.92 Å². The van der Waals surface area contributed by atoms with Crippen LogP contribution in [0.1, 0.15) is 12.5 Å². The summed E-state index contributed by atoms with van der Waals surface area (Å²) >= 11 is 0. The summed E-state index contributed by atoms with van der Waals surface area (Å²) in [6.45, 7) is 1.58. The number of methoxy groups -OCH3 is 1. The Balaban J connectivity index is 2.30. The number of carbonyl (C=O) groups excluding carboxylic acids is 1. The molecule has 1 aliphatic rings. The van der Waals surface area contributed by atoms with Crippen molar-refractivity contribution in [2.45, 2.75) is 19.6 Å². The monoisotopic (exact) mass is 206 g/mol. The quantitative estimate of drug-likeness (QED) is 0.740. The van der Waals surface area contributed by atoms with Crippen molar-refractivity contribution in [1.82, 2.24) is 0 Å². The van der Waals surface area contributed by atoms with E-state index in [0.717, 1.165) is 11.3 Å². The summed E-state index contributed by atoms with van der Waals surface area (Å²) in [7, 11) is 1.56. The lowest BCUT2D eigenvalue weighted by Crippen LogP contribution is -2.38. The predicted octanol–water partition coefficient (Wildman–Crippen LogP) is 1.80. The Bertz CT molecular complexity index is 373. The molecular weight excluding hydrogens is 192 g/mol. The highest BCUT2D eigenvalue weighted by Crippen LogP contribution is 2.31. The number of ketones is 1. The molecule has 0 amide bonds. The van der Waals surface area contributed by atoms with E-state index in [1.54, 1.807) is 14.0 Å². The van der Waals surface area contributed by atoms with Crippen molar-refractivity contribution >= 4 is 5.78 Å². The first-order valence-electron chi connectivity index (χ1n) is 5.00. The van der Waals surface area contributed by atoms with Crippen molar-refractivity contribution in [3.63, 3.8) is 0 Å². The lowest BCUT2D eigenvalue weighted by molar-refractivity contribution is -0.141. The van der Waals surface area contributed by atoms with E-state index in [0.29, 0.717) is 6.42 Å². The highest BCUT2D eigenvalue weighted by molar-refractivity contribution is 5.79. The molecule has 0 saturated heterocycles. The molecule has 3 heteroatoms. The zero-order valence-electron chi connectivity index (χ0n) is 8.90. The van der Waals surface area contributed by atoms with Gasteiger partial charge in [0.05, 0.1) is 5.92 Å². The fourth-order valence-corrected chi connectivity index (χ4v) is 1.88. The van der Waals surface area contributed by atoms with Gasteiger partial charge in [-0.15, -0.1) is 0 Å². The van der Waals surface area contributed by atoms with E-state index in [9.17, 15) is 4.79 Å². The van der Waals surface area contributed by atoms with E-state index in [2.05, 4.69) is 0 Å². The fourth-order valence-electron chi connectivity index (χ4n) is 1.88. The zero-order chi connectivity index (χ0) is 10.8. The molecule has 1 heterocycles. The van der Waals surface area contributed by atoms with Gasteiger partial charge in [-0.25, -0.2) is 0 Å². The molecule has 0 aliphatic carbocycles. The van der Waals surface area contributed by atoms with Crippen LogP contribution in [0.3, 0.4) is 0 Å². The lowest BCUT2D eigenvalue weighted by atomic mass is 9.92. The number of hydrogen-bond donors (Lipinski definition) is 0. The summed E-state index contributed by atoms with van der Waals surface area (Å²) in [6, 6.07) is 7.75. The fraction of sp³-hybridized carbons (Fsp3) is 0.417. The van der Waals surface area contributed by atoms with E-state index in [4.69, 9.17) is 9.47 Å². The Morgan fingerprint density at radius 1 is 1.47 bits per heavy atom. The molecule has 0 fully saturated rings. The number of benzene rings is 1. The number of ether oxygens (including phenoxy) is 2. The molecular formula is C12H14O3. The standard InChI is InChI=1S/C12H14O3/c1-8(13)10-7-9-5-3-4-6-11(9)15-12(10)14-2/h3-6,10,12H,7H2,1-2H3/t10-,12+/m1/s1. The van der Waals surface area contributed by atoms with Crippen LogP contribution in [0.5, 0.6) is 5.75 Å². The van der Waals surface area contributed by atoms with Crippen LogP contribution in [0.25, 0.3) is 0 Å².